The first-order chi connectivity index (χ1) is 12.1. The van der Waals surface area contributed by atoms with Gasteiger partial charge in [0.2, 0.25) is 0 Å². The molecule has 0 aromatic heterocycles. The van der Waals surface area contributed by atoms with Crippen LogP contribution in [0.1, 0.15) is 113 Å². The van der Waals surface area contributed by atoms with Crippen molar-refractivity contribution in [2.45, 2.75) is 125 Å². The molecular weight excluding hydrogens is 324 g/mol. The molecule has 3 nitrogen and oxygen atoms in total. The molecule has 0 saturated carbocycles. The van der Waals surface area contributed by atoms with Crippen LogP contribution < -0.4 is 0 Å². The van der Waals surface area contributed by atoms with Gasteiger partial charge >= 0.3 is 6.16 Å². The quantitative estimate of drug-likeness (QED) is 0.231. The van der Waals surface area contributed by atoms with Gasteiger partial charge in [-0.05, 0) is 50.9 Å². The van der Waals surface area contributed by atoms with Gasteiger partial charge < -0.3 is 9.47 Å². The smallest absolute Gasteiger partial charge is 0.430 e. The second kappa shape index (κ2) is 13.4. The van der Waals surface area contributed by atoms with Crippen molar-refractivity contribution in [2.24, 2.45) is 17.8 Å². The van der Waals surface area contributed by atoms with E-state index >= 15 is 0 Å². The van der Waals surface area contributed by atoms with Crippen molar-refractivity contribution in [3.8, 4) is 0 Å². The van der Waals surface area contributed by atoms with Crippen LogP contribution in [-0.2, 0) is 9.47 Å². The number of hydrogen-bond donors (Lipinski definition) is 0. The van der Waals surface area contributed by atoms with E-state index in [1.165, 1.54) is 38.5 Å². The maximum Gasteiger partial charge on any atom is 0.509 e. The zero-order valence-corrected chi connectivity index (χ0v) is 18.9. The summed E-state index contributed by atoms with van der Waals surface area (Å²) in [6.45, 7) is 17.0. The summed E-state index contributed by atoms with van der Waals surface area (Å²) in [7, 11) is 0. The summed E-state index contributed by atoms with van der Waals surface area (Å²) >= 11 is 0. The summed E-state index contributed by atoms with van der Waals surface area (Å²) in [6.07, 6.45) is 9.99. The van der Waals surface area contributed by atoms with Crippen molar-refractivity contribution in [1.82, 2.24) is 0 Å². The number of rotatable bonds is 14. The normalized spacial score (nSPS) is 14.5. The maximum absolute atomic E-state index is 12.5. The summed E-state index contributed by atoms with van der Waals surface area (Å²) in [4.78, 5) is 12.5. The molecule has 2 unspecified atom stereocenters. The Hall–Kier alpha value is -0.730. The van der Waals surface area contributed by atoms with Gasteiger partial charge in [-0.25, -0.2) is 4.79 Å². The molecule has 0 N–H and O–H groups in total. The van der Waals surface area contributed by atoms with Crippen LogP contribution in [0.25, 0.3) is 0 Å². The van der Waals surface area contributed by atoms with Crippen molar-refractivity contribution in [3.05, 3.63) is 0 Å². The van der Waals surface area contributed by atoms with Crippen molar-refractivity contribution in [1.29, 1.82) is 0 Å². The molecule has 0 aliphatic heterocycles. The van der Waals surface area contributed by atoms with Gasteiger partial charge in [0, 0.05) is 0 Å². The van der Waals surface area contributed by atoms with E-state index < -0.39 is 11.8 Å². The highest BCUT2D eigenvalue weighted by molar-refractivity contribution is 5.60. The van der Waals surface area contributed by atoms with Crippen LogP contribution in [0.5, 0.6) is 0 Å². The minimum Gasteiger partial charge on any atom is -0.430 e. The zero-order chi connectivity index (χ0) is 20.2. The highest BCUT2D eigenvalue weighted by atomic mass is 16.7. The lowest BCUT2D eigenvalue weighted by atomic mass is 9.85. The lowest BCUT2D eigenvalue weighted by Crippen LogP contribution is -2.36. The molecule has 0 saturated heterocycles. The summed E-state index contributed by atoms with van der Waals surface area (Å²) < 4.78 is 11.6. The van der Waals surface area contributed by atoms with E-state index in [-0.39, 0.29) is 6.10 Å². The van der Waals surface area contributed by atoms with Gasteiger partial charge in [-0.15, -0.1) is 0 Å². The van der Waals surface area contributed by atoms with E-state index in [0.717, 1.165) is 19.3 Å². The van der Waals surface area contributed by atoms with Crippen LogP contribution in [0.15, 0.2) is 0 Å². The van der Waals surface area contributed by atoms with Crippen molar-refractivity contribution < 1.29 is 14.3 Å². The Balaban J connectivity index is 4.86. The first-order valence-corrected chi connectivity index (χ1v) is 11.0. The first kappa shape index (κ1) is 25.3. The lowest BCUT2D eigenvalue weighted by Gasteiger charge is -2.32. The number of unbranched alkanes of at least 4 members (excludes halogenated alkanes) is 4. The average Bonchev–Trinajstić information content (AvgIpc) is 2.50. The van der Waals surface area contributed by atoms with E-state index in [1.807, 2.05) is 13.8 Å². The molecule has 0 fully saturated rings. The lowest BCUT2D eigenvalue weighted by molar-refractivity contribution is -0.0648. The van der Waals surface area contributed by atoms with Gasteiger partial charge in [-0.3, -0.25) is 0 Å². The Labute approximate surface area is 163 Å². The molecule has 0 radical (unpaired) electrons. The second-order valence-corrected chi connectivity index (χ2v) is 9.29. The average molecular weight is 371 g/mol. The number of carbonyl (C=O) groups is 1. The fraction of sp³-hybridized carbons (Fsp3) is 0.957. The minimum absolute atomic E-state index is 0.0504. The molecule has 0 rings (SSSR count). The van der Waals surface area contributed by atoms with Crippen LogP contribution in [0, 0.1) is 17.8 Å². The molecule has 0 aliphatic carbocycles. The summed E-state index contributed by atoms with van der Waals surface area (Å²) in [5.74, 6) is 1.23. The summed E-state index contributed by atoms with van der Waals surface area (Å²) in [6, 6.07) is 0. The Morgan fingerprint density at radius 2 is 1.46 bits per heavy atom. The second-order valence-electron chi connectivity index (χ2n) is 9.29. The van der Waals surface area contributed by atoms with Crippen molar-refractivity contribution >= 4 is 6.16 Å². The minimum atomic E-state index is -0.496. The molecular formula is C23H46O3. The zero-order valence-electron chi connectivity index (χ0n) is 18.9. The Bertz CT molecular complexity index is 360. The molecule has 156 valence electrons. The van der Waals surface area contributed by atoms with Gasteiger partial charge in [0.25, 0.3) is 0 Å². The van der Waals surface area contributed by atoms with Gasteiger partial charge in [0.15, 0.2) is 0 Å². The van der Waals surface area contributed by atoms with E-state index in [2.05, 4.69) is 41.5 Å². The van der Waals surface area contributed by atoms with Gasteiger partial charge in [0.1, 0.15) is 11.7 Å². The molecule has 3 heteroatoms. The molecule has 0 heterocycles. The van der Waals surface area contributed by atoms with Crippen LogP contribution in [0.3, 0.4) is 0 Å². The molecule has 0 spiro atoms. The number of carbonyl (C=O) groups excluding carboxylic acids is 1. The monoisotopic (exact) mass is 370 g/mol. The van der Waals surface area contributed by atoms with Crippen molar-refractivity contribution in [3.63, 3.8) is 0 Å². The molecule has 0 aliphatic rings. The number of hydrogen-bond acceptors (Lipinski definition) is 3. The van der Waals surface area contributed by atoms with Gasteiger partial charge in [0.05, 0.1) is 0 Å². The summed E-state index contributed by atoms with van der Waals surface area (Å²) in [5.41, 5.74) is -0.479. The molecule has 2 atom stereocenters. The van der Waals surface area contributed by atoms with Crippen LogP contribution >= 0.6 is 0 Å². The van der Waals surface area contributed by atoms with Gasteiger partial charge in [-0.2, -0.15) is 0 Å². The molecule has 0 amide bonds. The highest BCUT2D eigenvalue weighted by Crippen LogP contribution is 2.29. The topological polar surface area (TPSA) is 35.5 Å². The van der Waals surface area contributed by atoms with Crippen LogP contribution in [0.2, 0.25) is 0 Å². The largest absolute Gasteiger partial charge is 0.509 e. The maximum atomic E-state index is 12.5. The third-order valence-electron chi connectivity index (χ3n) is 4.97. The first-order valence-electron chi connectivity index (χ1n) is 11.0. The molecule has 0 aromatic rings. The van der Waals surface area contributed by atoms with E-state index in [9.17, 15) is 4.79 Å². The molecule has 26 heavy (non-hydrogen) atoms. The van der Waals surface area contributed by atoms with E-state index in [1.54, 1.807) is 0 Å². The van der Waals surface area contributed by atoms with E-state index in [0.29, 0.717) is 17.8 Å². The van der Waals surface area contributed by atoms with E-state index in [4.69, 9.17) is 9.47 Å². The fourth-order valence-corrected chi connectivity index (χ4v) is 3.93. The predicted octanol–water partition coefficient (Wildman–Crippen LogP) is 7.77. The Morgan fingerprint density at radius 3 is 1.96 bits per heavy atom. The SMILES string of the molecule is CCCCCCC(CCCC)C(OC(=O)OC(C)(C)CC(C)C)C(C)C. The molecule has 0 aromatic carbocycles. The highest BCUT2D eigenvalue weighted by Gasteiger charge is 2.31. The Morgan fingerprint density at radius 1 is 0.885 bits per heavy atom. The number of ether oxygens (including phenoxy) is 2. The fourth-order valence-electron chi connectivity index (χ4n) is 3.93. The van der Waals surface area contributed by atoms with Gasteiger partial charge in [-0.1, -0.05) is 80.1 Å². The third kappa shape index (κ3) is 11.8. The van der Waals surface area contributed by atoms with Crippen LogP contribution in [-0.4, -0.2) is 17.9 Å². The third-order valence-corrected chi connectivity index (χ3v) is 4.97. The van der Waals surface area contributed by atoms with Crippen molar-refractivity contribution in [2.75, 3.05) is 0 Å². The van der Waals surface area contributed by atoms with Crippen LogP contribution in [0.4, 0.5) is 4.79 Å². The Kier molecular flexibility index (Phi) is 13.1. The predicted molar refractivity (Wildman–Crippen MR) is 112 cm³/mol. The summed E-state index contributed by atoms with van der Waals surface area (Å²) in [5, 5.41) is 0. The standard InChI is InChI=1S/C23H46O3/c1-9-11-13-14-16-20(15-12-10-2)21(19(5)6)25-22(24)26-23(7,8)17-18(3)4/h18-21H,9-17H2,1-8H3. The molecule has 0 bridgehead atoms.